The van der Waals surface area contributed by atoms with Gasteiger partial charge in [0.2, 0.25) is 11.2 Å². The number of aromatic hydroxyl groups is 2. The molecule has 1 aliphatic heterocycles. The Hall–Kier alpha value is -3.64. The summed E-state index contributed by atoms with van der Waals surface area (Å²) in [6, 6.07) is 7.14. The molecule has 1 fully saturated rings. The summed E-state index contributed by atoms with van der Waals surface area (Å²) < 4.78 is 21.8. The molecule has 5 N–H and O–H groups in total. The lowest BCUT2D eigenvalue weighted by molar-refractivity contribution is -0.181. The zero-order chi connectivity index (χ0) is 26.1. The second kappa shape index (κ2) is 10.2. The number of aliphatic hydroxyl groups excluding tert-OH is 3. The topological polar surface area (TPSA) is 176 Å². The van der Waals surface area contributed by atoms with E-state index in [1.54, 1.807) is 19.1 Å². The minimum Gasteiger partial charge on any atom is -0.507 e. The Kier molecular flexibility index (Phi) is 7.18. The van der Waals surface area contributed by atoms with E-state index >= 15 is 0 Å². The molecule has 1 aromatic heterocycles. The first-order valence-electron chi connectivity index (χ1n) is 11.2. The number of benzene rings is 2. The van der Waals surface area contributed by atoms with E-state index in [1.165, 1.54) is 19.2 Å². The van der Waals surface area contributed by atoms with Gasteiger partial charge in [-0.15, -0.1) is 0 Å². The van der Waals surface area contributed by atoms with Crippen molar-refractivity contribution in [3.63, 3.8) is 0 Å². The van der Waals surface area contributed by atoms with Crippen LogP contribution in [-0.2, 0) is 9.47 Å². The normalized spacial score (nSPS) is 21.9. The Morgan fingerprint density at radius 2 is 1.83 bits per heavy atom. The molecule has 11 heteroatoms. The lowest BCUT2D eigenvalue weighted by atomic mass is 9.91. The molecule has 2 heterocycles. The number of phenols is 2. The molecule has 0 saturated carbocycles. The summed E-state index contributed by atoms with van der Waals surface area (Å²) in [4.78, 5) is 26.6. The molecule has 0 bridgehead atoms. The summed E-state index contributed by atoms with van der Waals surface area (Å²) in [5.74, 6) is -2.07. The van der Waals surface area contributed by atoms with Crippen molar-refractivity contribution in [3.8, 4) is 28.4 Å². The van der Waals surface area contributed by atoms with Crippen LogP contribution < -0.4 is 10.2 Å². The molecular formula is C25H26O11. The van der Waals surface area contributed by atoms with Crippen molar-refractivity contribution in [3.05, 3.63) is 51.9 Å². The van der Waals surface area contributed by atoms with E-state index in [-0.39, 0.29) is 40.7 Å². The molecule has 1 aliphatic rings. The summed E-state index contributed by atoms with van der Waals surface area (Å²) >= 11 is 0. The SMILES string of the molecule is CCOC(=O)c1oc2c(C3C[C@@H](O)C(O)C(CO)O3)c(O)cc(O)c2c(=O)c1-c1ccc(OC)cc1. The quantitative estimate of drug-likeness (QED) is 0.309. The molecule has 3 aromatic rings. The molecular weight excluding hydrogens is 476 g/mol. The van der Waals surface area contributed by atoms with Crippen LogP contribution in [0.5, 0.6) is 17.2 Å². The number of hydrogen-bond acceptors (Lipinski definition) is 11. The molecule has 0 amide bonds. The Bertz CT molecular complexity index is 1330. The van der Waals surface area contributed by atoms with Gasteiger partial charge >= 0.3 is 5.97 Å². The van der Waals surface area contributed by atoms with Crippen molar-refractivity contribution in [1.82, 2.24) is 0 Å². The summed E-state index contributed by atoms with van der Waals surface area (Å²) in [7, 11) is 1.47. The van der Waals surface area contributed by atoms with Gasteiger partial charge in [-0.2, -0.15) is 0 Å². The van der Waals surface area contributed by atoms with Crippen LogP contribution in [0.1, 0.15) is 35.6 Å². The molecule has 0 spiro atoms. The van der Waals surface area contributed by atoms with Gasteiger partial charge in [-0.1, -0.05) is 12.1 Å². The first-order chi connectivity index (χ1) is 17.2. The summed E-state index contributed by atoms with van der Waals surface area (Å²) in [5, 5.41) is 50.8. The second-order valence-electron chi connectivity index (χ2n) is 8.26. The van der Waals surface area contributed by atoms with E-state index in [2.05, 4.69) is 0 Å². The van der Waals surface area contributed by atoms with Crippen LogP contribution >= 0.6 is 0 Å². The van der Waals surface area contributed by atoms with Crippen molar-refractivity contribution >= 4 is 16.9 Å². The van der Waals surface area contributed by atoms with Gasteiger partial charge in [0.15, 0.2) is 5.58 Å². The highest BCUT2D eigenvalue weighted by Crippen LogP contribution is 2.44. The smallest absolute Gasteiger partial charge is 0.375 e. The number of carbonyl (C=O) groups is 1. The Balaban J connectivity index is 2.01. The van der Waals surface area contributed by atoms with Crippen LogP contribution in [0.4, 0.5) is 0 Å². The van der Waals surface area contributed by atoms with Gasteiger partial charge in [-0.3, -0.25) is 4.79 Å². The van der Waals surface area contributed by atoms with Crippen LogP contribution in [0.2, 0.25) is 0 Å². The molecule has 4 atom stereocenters. The number of hydrogen-bond donors (Lipinski definition) is 5. The van der Waals surface area contributed by atoms with Gasteiger partial charge in [0.05, 0.1) is 43.7 Å². The van der Waals surface area contributed by atoms with Crippen LogP contribution in [-0.4, -0.2) is 70.1 Å². The highest BCUT2D eigenvalue weighted by atomic mass is 16.5. The fourth-order valence-corrected chi connectivity index (χ4v) is 4.32. The van der Waals surface area contributed by atoms with E-state index < -0.39 is 59.7 Å². The molecule has 192 valence electrons. The minimum atomic E-state index is -1.39. The number of phenolic OH excluding ortho intramolecular Hbond substituents is 2. The van der Waals surface area contributed by atoms with Crippen molar-refractivity contribution in [2.45, 2.75) is 37.8 Å². The van der Waals surface area contributed by atoms with Gasteiger partial charge in [0, 0.05) is 12.5 Å². The van der Waals surface area contributed by atoms with Gasteiger partial charge < -0.3 is 44.2 Å². The maximum Gasteiger partial charge on any atom is 0.375 e. The molecule has 3 unspecified atom stereocenters. The van der Waals surface area contributed by atoms with E-state index in [9.17, 15) is 35.1 Å². The number of carbonyl (C=O) groups excluding carboxylic acids is 1. The monoisotopic (exact) mass is 502 g/mol. The highest BCUT2D eigenvalue weighted by Gasteiger charge is 2.40. The van der Waals surface area contributed by atoms with Crippen molar-refractivity contribution in [2.24, 2.45) is 0 Å². The average molecular weight is 502 g/mol. The minimum absolute atomic E-state index is 0.0191. The molecule has 4 rings (SSSR count). The summed E-state index contributed by atoms with van der Waals surface area (Å²) in [6.45, 7) is 0.921. The van der Waals surface area contributed by atoms with Crippen LogP contribution in [0, 0.1) is 0 Å². The molecule has 0 aliphatic carbocycles. The van der Waals surface area contributed by atoms with Crippen LogP contribution in [0.15, 0.2) is 39.5 Å². The summed E-state index contributed by atoms with van der Waals surface area (Å²) in [6.07, 6.45) is -5.31. The number of ether oxygens (including phenoxy) is 3. The Morgan fingerprint density at radius 3 is 2.44 bits per heavy atom. The zero-order valence-corrected chi connectivity index (χ0v) is 19.5. The van der Waals surface area contributed by atoms with Crippen LogP contribution in [0.25, 0.3) is 22.1 Å². The number of esters is 1. The Labute approximate surface area is 204 Å². The predicted molar refractivity (Wildman–Crippen MR) is 125 cm³/mol. The Morgan fingerprint density at radius 1 is 1.14 bits per heavy atom. The third kappa shape index (κ3) is 4.37. The number of rotatable bonds is 6. The third-order valence-electron chi connectivity index (χ3n) is 6.07. The van der Waals surface area contributed by atoms with Crippen LogP contribution in [0.3, 0.4) is 0 Å². The van der Waals surface area contributed by atoms with Gasteiger partial charge in [0.25, 0.3) is 0 Å². The van der Waals surface area contributed by atoms with E-state index in [4.69, 9.17) is 18.6 Å². The number of fused-ring (bicyclic) bond motifs is 1. The molecule has 11 nitrogen and oxygen atoms in total. The van der Waals surface area contributed by atoms with Gasteiger partial charge in [-0.05, 0) is 24.6 Å². The first-order valence-corrected chi connectivity index (χ1v) is 11.2. The maximum absolute atomic E-state index is 13.7. The number of methoxy groups -OCH3 is 1. The fraction of sp³-hybridized carbons (Fsp3) is 0.360. The highest BCUT2D eigenvalue weighted by molar-refractivity contribution is 6.00. The van der Waals surface area contributed by atoms with E-state index in [0.29, 0.717) is 5.75 Å². The lowest BCUT2D eigenvalue weighted by Gasteiger charge is -2.36. The zero-order valence-electron chi connectivity index (χ0n) is 19.5. The van der Waals surface area contributed by atoms with E-state index in [1.807, 2.05) is 0 Å². The van der Waals surface area contributed by atoms with E-state index in [0.717, 1.165) is 6.07 Å². The van der Waals surface area contributed by atoms with Crippen molar-refractivity contribution < 1.29 is 49.0 Å². The lowest BCUT2D eigenvalue weighted by Crippen LogP contribution is -2.47. The largest absolute Gasteiger partial charge is 0.507 e. The summed E-state index contributed by atoms with van der Waals surface area (Å²) in [5.41, 5.74) is -1.17. The molecule has 36 heavy (non-hydrogen) atoms. The molecule has 0 radical (unpaired) electrons. The fourth-order valence-electron chi connectivity index (χ4n) is 4.32. The third-order valence-corrected chi connectivity index (χ3v) is 6.07. The number of aliphatic hydroxyl groups is 3. The maximum atomic E-state index is 13.7. The van der Waals surface area contributed by atoms with Gasteiger partial charge in [-0.25, -0.2) is 4.79 Å². The molecule has 2 aromatic carbocycles. The second-order valence-corrected chi connectivity index (χ2v) is 8.26. The standard InChI is InChI=1S/C25H26O11/c1-3-34-25(32)24-18(11-4-6-12(33-2)7-5-11)22(31)20-14(28)8-13(27)19(23(20)36-24)16-9-15(29)21(30)17(10-26)35-16/h4-8,15-17,21,26-30H,3,9-10H2,1-2H3/t15-,16?,17?,21?/m1/s1. The van der Waals surface area contributed by atoms with Crippen molar-refractivity contribution in [1.29, 1.82) is 0 Å². The molecule has 1 saturated heterocycles. The predicted octanol–water partition coefficient (Wildman–Crippen LogP) is 1.60. The van der Waals surface area contributed by atoms with Crippen molar-refractivity contribution in [2.75, 3.05) is 20.3 Å². The first kappa shape index (κ1) is 25.5. The van der Waals surface area contributed by atoms with Gasteiger partial charge in [0.1, 0.15) is 34.8 Å². The average Bonchev–Trinajstić information content (AvgIpc) is 2.85.